The van der Waals surface area contributed by atoms with Crippen molar-refractivity contribution in [2.24, 2.45) is 5.92 Å². The molecule has 2 aliphatic heterocycles. The van der Waals surface area contributed by atoms with Gasteiger partial charge in [0, 0.05) is 12.1 Å². The Kier molecular flexibility index (Phi) is 4.94. The first-order valence-corrected chi connectivity index (χ1v) is 10.6. The van der Waals surface area contributed by atoms with E-state index < -0.39 is 34.8 Å². The third-order valence-electron chi connectivity index (χ3n) is 6.19. The van der Waals surface area contributed by atoms with Gasteiger partial charge in [0.25, 0.3) is 11.6 Å². The predicted octanol–water partition coefficient (Wildman–Crippen LogP) is 4.26. The van der Waals surface area contributed by atoms with Crippen LogP contribution in [0.1, 0.15) is 22.7 Å². The number of anilines is 2. The Hall–Kier alpha value is -4.04. The van der Waals surface area contributed by atoms with Gasteiger partial charge < -0.3 is 0 Å². The van der Waals surface area contributed by atoms with Gasteiger partial charge in [0.1, 0.15) is 5.92 Å². The van der Waals surface area contributed by atoms with E-state index in [1.165, 1.54) is 24.3 Å². The van der Waals surface area contributed by atoms with Crippen LogP contribution in [0.15, 0.2) is 72.8 Å². The molecule has 0 N–H and O–H groups in total. The van der Waals surface area contributed by atoms with Crippen LogP contribution in [-0.2, 0) is 14.4 Å². The first-order valence-electron chi connectivity index (χ1n) is 10.6. The molecule has 2 aliphatic rings. The van der Waals surface area contributed by atoms with Crippen molar-refractivity contribution < 1.29 is 19.3 Å². The minimum Gasteiger partial charge on any atom is -0.273 e. The van der Waals surface area contributed by atoms with Crippen LogP contribution in [0.25, 0.3) is 0 Å². The van der Waals surface area contributed by atoms with Crippen molar-refractivity contribution in [1.82, 2.24) is 0 Å². The Morgan fingerprint density at radius 1 is 0.909 bits per heavy atom. The minimum atomic E-state index is -1.03. The van der Waals surface area contributed by atoms with Crippen molar-refractivity contribution in [3.63, 3.8) is 0 Å². The molecule has 0 saturated carbocycles. The Morgan fingerprint density at radius 2 is 1.64 bits per heavy atom. The molecule has 0 radical (unpaired) electrons. The molecule has 8 heteroatoms. The Labute approximate surface area is 190 Å². The zero-order valence-electron chi connectivity index (χ0n) is 18.0. The van der Waals surface area contributed by atoms with E-state index in [0.717, 1.165) is 27.3 Å². The van der Waals surface area contributed by atoms with E-state index in [9.17, 15) is 19.7 Å². The van der Waals surface area contributed by atoms with E-state index in [0.29, 0.717) is 0 Å². The Morgan fingerprint density at radius 3 is 2.33 bits per heavy atom. The van der Waals surface area contributed by atoms with Crippen LogP contribution in [0.5, 0.6) is 0 Å². The van der Waals surface area contributed by atoms with Crippen LogP contribution in [0, 0.1) is 29.9 Å². The first kappa shape index (κ1) is 20.8. The van der Waals surface area contributed by atoms with Gasteiger partial charge >= 0.3 is 0 Å². The summed E-state index contributed by atoms with van der Waals surface area (Å²) in [6.45, 7) is 3.92. The molecule has 2 amide bonds. The second-order valence-electron chi connectivity index (χ2n) is 8.31. The normalized spacial score (nSPS) is 22.1. The average Bonchev–Trinajstić information content (AvgIpc) is 3.30. The third kappa shape index (κ3) is 3.35. The molecule has 2 saturated heterocycles. The number of hydrogen-bond donors (Lipinski definition) is 0. The summed E-state index contributed by atoms with van der Waals surface area (Å²) < 4.78 is 0. The van der Waals surface area contributed by atoms with Crippen molar-refractivity contribution in [2.75, 3.05) is 9.96 Å². The largest absolute Gasteiger partial charge is 0.273 e. The number of nitro groups is 1. The SMILES string of the molecule is Cc1ccc(C2C3C(=O)N(c4cccc([N+](=O)[O-])c4)C(=O)C3ON2c2ccccc2C)cc1. The smallest absolute Gasteiger partial charge is 0.271 e. The number of nitrogens with zero attached hydrogens (tertiary/aromatic N) is 3. The fourth-order valence-corrected chi connectivity index (χ4v) is 4.54. The lowest BCUT2D eigenvalue weighted by atomic mass is 9.90. The van der Waals surface area contributed by atoms with Crippen LogP contribution in [0.3, 0.4) is 0 Å². The number of carbonyl (C=O) groups excluding carboxylic acids is 2. The molecule has 166 valence electrons. The molecule has 0 aliphatic carbocycles. The Balaban J connectivity index is 1.59. The lowest BCUT2D eigenvalue weighted by Crippen LogP contribution is -2.37. The number of non-ortho nitro benzene ring substituents is 1. The van der Waals surface area contributed by atoms with Crippen molar-refractivity contribution >= 4 is 28.9 Å². The summed E-state index contributed by atoms with van der Waals surface area (Å²) in [7, 11) is 0. The molecule has 0 bridgehead atoms. The van der Waals surface area contributed by atoms with E-state index in [4.69, 9.17) is 4.84 Å². The summed E-state index contributed by atoms with van der Waals surface area (Å²) >= 11 is 0. The van der Waals surface area contributed by atoms with E-state index in [2.05, 4.69) is 0 Å². The summed E-state index contributed by atoms with van der Waals surface area (Å²) in [5.74, 6) is -1.76. The Bertz CT molecular complexity index is 1270. The van der Waals surface area contributed by atoms with Crippen LogP contribution < -0.4 is 9.96 Å². The fraction of sp³-hybridized carbons (Fsp3) is 0.200. The van der Waals surface area contributed by atoms with Crippen molar-refractivity contribution in [2.45, 2.75) is 26.0 Å². The molecule has 33 heavy (non-hydrogen) atoms. The van der Waals surface area contributed by atoms with Gasteiger partial charge in [-0.3, -0.25) is 24.5 Å². The number of imide groups is 1. The molecule has 3 aromatic rings. The number of rotatable bonds is 4. The number of amides is 2. The van der Waals surface area contributed by atoms with Gasteiger partial charge in [-0.05, 0) is 37.1 Å². The highest BCUT2D eigenvalue weighted by atomic mass is 16.7. The summed E-state index contributed by atoms with van der Waals surface area (Å²) in [6.07, 6.45) is -1.03. The maximum atomic E-state index is 13.6. The second kappa shape index (κ2) is 7.83. The average molecular weight is 443 g/mol. The summed E-state index contributed by atoms with van der Waals surface area (Å²) in [5.41, 5.74) is 3.62. The van der Waals surface area contributed by atoms with E-state index in [1.54, 1.807) is 5.06 Å². The molecule has 2 fully saturated rings. The minimum absolute atomic E-state index is 0.169. The van der Waals surface area contributed by atoms with Crippen LogP contribution in [0.4, 0.5) is 17.1 Å². The maximum absolute atomic E-state index is 13.6. The van der Waals surface area contributed by atoms with Gasteiger partial charge in [0.05, 0.1) is 22.3 Å². The molecule has 5 rings (SSSR count). The summed E-state index contributed by atoms with van der Waals surface area (Å²) in [5, 5.41) is 12.9. The molecule has 0 spiro atoms. The number of nitro benzene ring substituents is 1. The third-order valence-corrected chi connectivity index (χ3v) is 6.19. The predicted molar refractivity (Wildman–Crippen MR) is 122 cm³/mol. The highest BCUT2D eigenvalue weighted by Gasteiger charge is 2.60. The van der Waals surface area contributed by atoms with Gasteiger partial charge in [-0.1, -0.05) is 54.1 Å². The second-order valence-corrected chi connectivity index (χ2v) is 8.31. The number of para-hydroxylation sites is 1. The topological polar surface area (TPSA) is 93.0 Å². The highest BCUT2D eigenvalue weighted by molar-refractivity contribution is 6.24. The molecular formula is C25H21N3O5. The van der Waals surface area contributed by atoms with Crippen LogP contribution in [0.2, 0.25) is 0 Å². The number of fused-ring (bicyclic) bond motifs is 1. The lowest BCUT2D eigenvalue weighted by molar-refractivity contribution is -0.384. The van der Waals surface area contributed by atoms with E-state index in [1.807, 2.05) is 62.4 Å². The standard InChI is InChI=1S/C25H21N3O5/c1-15-10-12-17(13-11-15)22-21-23(33-27(22)20-9-4-3-6-16(20)2)25(30)26(24(21)29)18-7-5-8-19(14-18)28(31)32/h3-14,21-23H,1-2H3. The number of aryl methyl sites for hydroxylation is 2. The van der Waals surface area contributed by atoms with E-state index in [-0.39, 0.29) is 11.4 Å². The fourth-order valence-electron chi connectivity index (χ4n) is 4.54. The molecule has 3 atom stereocenters. The van der Waals surface area contributed by atoms with Crippen LogP contribution in [-0.4, -0.2) is 22.8 Å². The highest BCUT2D eigenvalue weighted by Crippen LogP contribution is 2.48. The first-order chi connectivity index (χ1) is 15.9. The molecule has 3 aromatic carbocycles. The lowest BCUT2D eigenvalue weighted by Gasteiger charge is -2.29. The number of carbonyl (C=O) groups is 2. The maximum Gasteiger partial charge on any atom is 0.271 e. The van der Waals surface area contributed by atoms with Gasteiger partial charge in [-0.2, -0.15) is 0 Å². The number of benzene rings is 3. The van der Waals surface area contributed by atoms with Gasteiger partial charge in [0.2, 0.25) is 5.91 Å². The van der Waals surface area contributed by atoms with Crippen molar-refractivity contribution in [3.8, 4) is 0 Å². The number of hydrogen-bond acceptors (Lipinski definition) is 6. The van der Waals surface area contributed by atoms with E-state index >= 15 is 0 Å². The van der Waals surface area contributed by atoms with Gasteiger partial charge in [0.15, 0.2) is 6.10 Å². The molecule has 0 aromatic heterocycles. The molecule has 3 unspecified atom stereocenters. The van der Waals surface area contributed by atoms with Crippen molar-refractivity contribution in [3.05, 3.63) is 99.6 Å². The molecule has 8 nitrogen and oxygen atoms in total. The van der Waals surface area contributed by atoms with Gasteiger partial charge in [-0.25, -0.2) is 9.96 Å². The number of hydroxylamine groups is 1. The van der Waals surface area contributed by atoms with Gasteiger partial charge in [-0.15, -0.1) is 0 Å². The quantitative estimate of drug-likeness (QED) is 0.340. The van der Waals surface area contributed by atoms with Crippen LogP contribution >= 0.6 is 0 Å². The zero-order valence-corrected chi connectivity index (χ0v) is 18.0. The summed E-state index contributed by atoms with van der Waals surface area (Å²) in [4.78, 5) is 44.8. The van der Waals surface area contributed by atoms with Crippen molar-refractivity contribution in [1.29, 1.82) is 0 Å². The monoisotopic (exact) mass is 443 g/mol. The summed E-state index contributed by atoms with van der Waals surface area (Å²) in [6, 6.07) is 20.4. The molecular weight excluding hydrogens is 422 g/mol. The molecule has 2 heterocycles. The zero-order chi connectivity index (χ0) is 23.3.